The smallest absolute Gasteiger partial charge is 0.134 e. The number of aryl methyl sites for hydroxylation is 1. The Morgan fingerprint density at radius 1 is 1.19 bits per heavy atom. The molecule has 0 aliphatic rings. The third-order valence-electron chi connectivity index (χ3n) is 4.09. The second-order valence-electron chi connectivity index (χ2n) is 5.96. The zero-order valence-electron chi connectivity index (χ0n) is 15.7. The summed E-state index contributed by atoms with van der Waals surface area (Å²) in [6, 6.07) is 13.0. The fourth-order valence-corrected chi connectivity index (χ4v) is 3.10. The van der Waals surface area contributed by atoms with Gasteiger partial charge in [-0.2, -0.15) is 5.90 Å². The van der Waals surface area contributed by atoms with Crippen LogP contribution in [0.2, 0.25) is 0 Å². The molecule has 0 bridgehead atoms. The summed E-state index contributed by atoms with van der Waals surface area (Å²) in [5.74, 6) is 6.34. The number of hydrogen-bond donors (Lipinski definition) is 3. The maximum Gasteiger partial charge on any atom is 0.134 e. The fourth-order valence-electron chi connectivity index (χ4n) is 2.56. The summed E-state index contributed by atoms with van der Waals surface area (Å²) in [6.45, 7) is 5.03. The largest absolute Gasteiger partial charge is 0.495 e. The van der Waals surface area contributed by atoms with Crippen molar-refractivity contribution < 1.29 is 23.9 Å². The van der Waals surface area contributed by atoms with Crippen LogP contribution in [0.1, 0.15) is 24.2 Å². The average Bonchev–Trinajstić information content (AvgIpc) is 2.69. The van der Waals surface area contributed by atoms with Gasteiger partial charge in [0, 0.05) is 12.6 Å². The first kappa shape index (κ1) is 21.5. The highest BCUT2D eigenvalue weighted by atomic mass is 32.2. The van der Waals surface area contributed by atoms with E-state index in [2.05, 4.69) is 14.6 Å². The Kier molecular flexibility index (Phi) is 8.86. The molecule has 2 rings (SSSR count). The van der Waals surface area contributed by atoms with Crippen LogP contribution in [0.15, 0.2) is 47.4 Å². The lowest BCUT2D eigenvalue weighted by molar-refractivity contribution is -0.195. The first-order valence-electron chi connectivity index (χ1n) is 8.54. The molecule has 148 valence electrons. The molecule has 2 aromatic rings. The molecule has 0 fully saturated rings. The summed E-state index contributed by atoms with van der Waals surface area (Å²) in [7, 11) is 1.55. The number of nitrogens with two attached hydrogens (primary N) is 1. The Morgan fingerprint density at radius 2 is 1.96 bits per heavy atom. The van der Waals surface area contributed by atoms with Crippen molar-refractivity contribution in [2.24, 2.45) is 5.90 Å². The van der Waals surface area contributed by atoms with Crippen LogP contribution in [0.5, 0.6) is 11.5 Å². The summed E-state index contributed by atoms with van der Waals surface area (Å²) in [6.07, 6.45) is -0.715. The highest BCUT2D eigenvalue weighted by molar-refractivity contribution is 7.94. The lowest BCUT2D eigenvalue weighted by Gasteiger charge is -2.22. The minimum Gasteiger partial charge on any atom is -0.495 e. The fraction of sp³-hybridized carbons (Fsp3) is 0.368. The second kappa shape index (κ2) is 11.1. The van der Waals surface area contributed by atoms with Crippen molar-refractivity contribution in [2.45, 2.75) is 30.9 Å². The molecular formula is C19H26N2O5S. The zero-order valence-corrected chi connectivity index (χ0v) is 16.5. The van der Waals surface area contributed by atoms with E-state index in [9.17, 15) is 5.11 Å². The van der Waals surface area contributed by atoms with Crippen molar-refractivity contribution in [1.82, 2.24) is 5.32 Å². The summed E-state index contributed by atoms with van der Waals surface area (Å²) in [5, 5.41) is 13.9. The highest BCUT2D eigenvalue weighted by Crippen LogP contribution is 2.33. The standard InChI is InChI=1S/C19H26N2O5S/c1-13-6-4-5-7-16(13)24-11-10-21-14(2)19(22)15-8-9-17(23-3)18(12-15)27-26-25-20/h4-9,12,14,19,21-22H,10-11,20H2,1-3H3. The molecule has 2 atom stereocenters. The van der Waals surface area contributed by atoms with Crippen LogP contribution in [0.3, 0.4) is 0 Å². The van der Waals surface area contributed by atoms with Crippen molar-refractivity contribution >= 4 is 12.0 Å². The van der Waals surface area contributed by atoms with Crippen molar-refractivity contribution in [2.75, 3.05) is 20.3 Å². The Bertz CT molecular complexity index is 716. The van der Waals surface area contributed by atoms with Crippen molar-refractivity contribution in [3.8, 4) is 11.5 Å². The minimum atomic E-state index is -0.715. The summed E-state index contributed by atoms with van der Waals surface area (Å²) in [5.41, 5.74) is 1.82. The molecule has 0 radical (unpaired) electrons. The van der Waals surface area contributed by atoms with E-state index in [-0.39, 0.29) is 6.04 Å². The Hall–Kier alpha value is -1.81. The van der Waals surface area contributed by atoms with Crippen LogP contribution in [0.25, 0.3) is 0 Å². The molecule has 8 heteroatoms. The lowest BCUT2D eigenvalue weighted by Crippen LogP contribution is -2.35. The normalized spacial score (nSPS) is 13.2. The molecule has 2 aromatic carbocycles. The number of rotatable bonds is 11. The van der Waals surface area contributed by atoms with E-state index >= 15 is 0 Å². The third-order valence-corrected chi connectivity index (χ3v) is 4.73. The van der Waals surface area contributed by atoms with Crippen LogP contribution >= 0.6 is 12.0 Å². The van der Waals surface area contributed by atoms with Gasteiger partial charge in [-0.25, -0.2) is 0 Å². The number of nitrogens with one attached hydrogen (secondary N) is 1. The van der Waals surface area contributed by atoms with Gasteiger partial charge in [0.1, 0.15) is 18.1 Å². The predicted molar refractivity (Wildman–Crippen MR) is 104 cm³/mol. The molecule has 7 nitrogen and oxygen atoms in total. The van der Waals surface area contributed by atoms with E-state index in [1.807, 2.05) is 38.1 Å². The number of hydrogen-bond acceptors (Lipinski definition) is 8. The van der Waals surface area contributed by atoms with E-state index in [1.165, 1.54) is 0 Å². The van der Waals surface area contributed by atoms with Crippen LogP contribution < -0.4 is 20.7 Å². The summed E-state index contributed by atoms with van der Waals surface area (Å²) >= 11 is 0.912. The van der Waals surface area contributed by atoms with Crippen molar-refractivity contribution in [3.63, 3.8) is 0 Å². The number of para-hydroxylation sites is 1. The van der Waals surface area contributed by atoms with Crippen molar-refractivity contribution in [3.05, 3.63) is 53.6 Å². The molecule has 0 aromatic heterocycles. The molecule has 0 saturated carbocycles. The first-order valence-corrected chi connectivity index (χ1v) is 9.29. The molecule has 0 heterocycles. The number of benzene rings is 2. The first-order chi connectivity index (χ1) is 13.1. The average molecular weight is 394 g/mol. The molecule has 4 N–H and O–H groups in total. The maximum atomic E-state index is 10.6. The highest BCUT2D eigenvalue weighted by Gasteiger charge is 2.18. The van der Waals surface area contributed by atoms with E-state index in [0.29, 0.717) is 23.8 Å². The van der Waals surface area contributed by atoms with Crippen LogP contribution in [0.4, 0.5) is 0 Å². The van der Waals surface area contributed by atoms with Gasteiger partial charge in [-0.1, -0.05) is 24.3 Å². The molecular weight excluding hydrogens is 368 g/mol. The topological polar surface area (TPSA) is 95.2 Å². The quantitative estimate of drug-likeness (QED) is 0.232. The van der Waals surface area contributed by atoms with Crippen LogP contribution in [-0.4, -0.2) is 31.4 Å². The lowest BCUT2D eigenvalue weighted by atomic mass is 10.0. The van der Waals surface area contributed by atoms with Gasteiger partial charge < -0.3 is 19.9 Å². The van der Waals surface area contributed by atoms with Gasteiger partial charge in [0.05, 0.1) is 30.2 Å². The molecule has 0 spiro atoms. The van der Waals surface area contributed by atoms with Crippen LogP contribution in [0, 0.1) is 6.92 Å². The molecule has 0 saturated heterocycles. The van der Waals surface area contributed by atoms with Gasteiger partial charge in [-0.15, -0.1) is 9.32 Å². The van der Waals surface area contributed by atoms with Gasteiger partial charge >= 0.3 is 0 Å². The molecule has 0 aliphatic carbocycles. The van der Waals surface area contributed by atoms with E-state index in [0.717, 1.165) is 28.9 Å². The van der Waals surface area contributed by atoms with E-state index in [1.54, 1.807) is 25.3 Å². The summed E-state index contributed by atoms with van der Waals surface area (Å²) in [4.78, 5) is 4.77. The second-order valence-corrected chi connectivity index (χ2v) is 6.70. The Balaban J connectivity index is 1.88. The molecule has 0 aliphatic heterocycles. The Labute approximate surface area is 163 Å². The minimum absolute atomic E-state index is 0.177. The van der Waals surface area contributed by atoms with Crippen LogP contribution in [-0.2, 0) is 9.32 Å². The number of ether oxygens (including phenoxy) is 2. The molecule has 27 heavy (non-hydrogen) atoms. The summed E-state index contributed by atoms with van der Waals surface area (Å²) < 4.78 is 15.7. The van der Waals surface area contributed by atoms with Gasteiger partial charge in [0.15, 0.2) is 0 Å². The maximum absolute atomic E-state index is 10.6. The molecule has 0 amide bonds. The Morgan fingerprint density at radius 3 is 2.67 bits per heavy atom. The van der Waals surface area contributed by atoms with Crippen molar-refractivity contribution in [1.29, 1.82) is 0 Å². The molecule has 2 unspecified atom stereocenters. The number of aliphatic hydroxyl groups excluding tert-OH is 1. The predicted octanol–water partition coefficient (Wildman–Crippen LogP) is 2.92. The zero-order chi connectivity index (χ0) is 19.6. The van der Waals surface area contributed by atoms with Gasteiger partial charge in [-0.05, 0) is 43.2 Å². The van der Waals surface area contributed by atoms with E-state index in [4.69, 9.17) is 15.4 Å². The number of methoxy groups -OCH3 is 1. The van der Waals surface area contributed by atoms with E-state index < -0.39 is 6.10 Å². The SMILES string of the molecule is COc1ccc(C(O)C(C)NCCOc2ccccc2C)cc1SOON. The third kappa shape index (κ3) is 6.39. The number of aliphatic hydroxyl groups is 1. The van der Waals surface area contributed by atoms with Gasteiger partial charge in [0.2, 0.25) is 0 Å². The van der Waals surface area contributed by atoms with Gasteiger partial charge in [-0.3, -0.25) is 0 Å². The van der Waals surface area contributed by atoms with Gasteiger partial charge in [0.25, 0.3) is 0 Å². The monoisotopic (exact) mass is 394 g/mol.